The number of benzene rings is 1. The van der Waals surface area contributed by atoms with Gasteiger partial charge in [-0.25, -0.2) is 0 Å². The molecule has 1 saturated carbocycles. The summed E-state index contributed by atoms with van der Waals surface area (Å²) in [6.07, 6.45) is 12.4. The number of nitrogens with two attached hydrogens (primary N) is 1. The summed E-state index contributed by atoms with van der Waals surface area (Å²) < 4.78 is 5.45. The molecule has 4 rings (SSSR count). The number of aromatic nitrogens is 1. The fourth-order valence-electron chi connectivity index (χ4n) is 5.25. The summed E-state index contributed by atoms with van der Waals surface area (Å²) >= 11 is 0. The molecule has 3 nitrogen and oxygen atoms in total. The molecule has 0 saturated heterocycles. The minimum atomic E-state index is 0.0677. The summed E-state index contributed by atoms with van der Waals surface area (Å²) in [6, 6.07) is 11.2. The molecule has 2 N–H and O–H groups in total. The third-order valence-electron chi connectivity index (χ3n) is 7.24. The van der Waals surface area contributed by atoms with Gasteiger partial charge in [0, 0.05) is 11.7 Å². The fourth-order valence-corrected chi connectivity index (χ4v) is 5.25. The Kier molecular flexibility index (Phi) is 5.73. The van der Waals surface area contributed by atoms with Crippen molar-refractivity contribution in [2.75, 3.05) is 7.11 Å². The predicted molar refractivity (Wildman–Crippen MR) is 115 cm³/mol. The molecule has 2 aromatic rings. The Morgan fingerprint density at radius 2 is 2.11 bits per heavy atom. The molecule has 2 aliphatic rings. The van der Waals surface area contributed by atoms with Crippen molar-refractivity contribution >= 4 is 0 Å². The molecular formula is C25H34N2O. The molecular weight excluding hydrogens is 344 g/mol. The number of fused-ring (bicyclic) bond motifs is 1. The van der Waals surface area contributed by atoms with Gasteiger partial charge in [-0.3, -0.25) is 4.98 Å². The molecule has 0 unspecified atom stereocenters. The molecule has 0 spiro atoms. The first-order chi connectivity index (χ1) is 13.6. The molecule has 1 fully saturated rings. The zero-order valence-electron chi connectivity index (χ0n) is 17.4. The number of ether oxygens (including phenoxy) is 1. The highest BCUT2D eigenvalue weighted by molar-refractivity contribution is 5.37. The van der Waals surface area contributed by atoms with Crippen LogP contribution in [0.2, 0.25) is 0 Å². The molecule has 1 aromatic heterocycles. The standard InChI is InChI=1S/C25H34N2O/c1-3-25(26)13-12-22(17-25)21-10-9-19-15-18(6-8-20(19)16-21)7-11-23-24(28-2)5-4-14-27-23/h4-5,9-10,14,16,18,22H,3,6-8,11-13,15,17,26H2,1-2H3/t18-,22+,25-/m1/s1. The Bertz CT molecular complexity index is 818. The first-order valence-electron chi connectivity index (χ1n) is 11.0. The number of hydrogen-bond donors (Lipinski definition) is 1. The zero-order chi connectivity index (χ0) is 19.6. The molecule has 3 heteroatoms. The minimum Gasteiger partial charge on any atom is -0.495 e. The zero-order valence-corrected chi connectivity index (χ0v) is 17.4. The van der Waals surface area contributed by atoms with Gasteiger partial charge in [-0.1, -0.05) is 25.1 Å². The lowest BCUT2D eigenvalue weighted by Crippen LogP contribution is -2.35. The minimum absolute atomic E-state index is 0.0677. The van der Waals surface area contributed by atoms with Crippen molar-refractivity contribution in [1.82, 2.24) is 4.98 Å². The highest BCUT2D eigenvalue weighted by Gasteiger charge is 2.35. The Hall–Kier alpha value is -1.87. The van der Waals surface area contributed by atoms with E-state index in [2.05, 4.69) is 30.1 Å². The second-order valence-electron chi connectivity index (χ2n) is 8.98. The number of methoxy groups -OCH3 is 1. The van der Waals surface area contributed by atoms with Crippen molar-refractivity contribution < 1.29 is 4.74 Å². The third-order valence-corrected chi connectivity index (χ3v) is 7.24. The first-order valence-corrected chi connectivity index (χ1v) is 11.0. The van der Waals surface area contributed by atoms with Crippen molar-refractivity contribution in [3.63, 3.8) is 0 Å². The van der Waals surface area contributed by atoms with Crippen LogP contribution in [0, 0.1) is 5.92 Å². The average Bonchev–Trinajstić information content (AvgIpc) is 3.14. The highest BCUT2D eigenvalue weighted by Crippen LogP contribution is 2.42. The molecule has 1 aromatic carbocycles. The number of nitrogens with zero attached hydrogens (tertiary/aromatic N) is 1. The number of rotatable bonds is 6. The lowest BCUT2D eigenvalue weighted by Gasteiger charge is -2.26. The van der Waals surface area contributed by atoms with E-state index in [1.807, 2.05) is 18.3 Å². The molecule has 1 heterocycles. The summed E-state index contributed by atoms with van der Waals surface area (Å²) in [5.74, 6) is 2.32. The Morgan fingerprint density at radius 3 is 2.89 bits per heavy atom. The van der Waals surface area contributed by atoms with Crippen LogP contribution in [0.15, 0.2) is 36.5 Å². The molecule has 150 valence electrons. The van der Waals surface area contributed by atoms with Crippen LogP contribution in [0.3, 0.4) is 0 Å². The topological polar surface area (TPSA) is 48.1 Å². The average molecular weight is 379 g/mol. The van der Waals surface area contributed by atoms with Crippen molar-refractivity contribution in [3.05, 3.63) is 58.9 Å². The van der Waals surface area contributed by atoms with Crippen LogP contribution in [0.25, 0.3) is 0 Å². The Labute approximate surface area is 169 Å². The van der Waals surface area contributed by atoms with Gasteiger partial charge in [0.1, 0.15) is 5.75 Å². The van der Waals surface area contributed by atoms with E-state index in [-0.39, 0.29) is 5.54 Å². The second kappa shape index (κ2) is 8.24. The van der Waals surface area contributed by atoms with Crippen LogP contribution in [-0.4, -0.2) is 17.6 Å². The van der Waals surface area contributed by atoms with Gasteiger partial charge < -0.3 is 10.5 Å². The van der Waals surface area contributed by atoms with Crippen LogP contribution in [0.4, 0.5) is 0 Å². The fraction of sp³-hybridized carbons (Fsp3) is 0.560. The molecule has 0 aliphatic heterocycles. The number of pyridine rings is 1. The molecule has 0 amide bonds. The van der Waals surface area contributed by atoms with Gasteiger partial charge in [0.25, 0.3) is 0 Å². The summed E-state index contributed by atoms with van der Waals surface area (Å²) in [5, 5.41) is 0. The van der Waals surface area contributed by atoms with E-state index in [1.54, 1.807) is 18.2 Å². The van der Waals surface area contributed by atoms with Crippen LogP contribution >= 0.6 is 0 Å². The van der Waals surface area contributed by atoms with Crippen molar-refractivity contribution in [2.24, 2.45) is 11.7 Å². The van der Waals surface area contributed by atoms with Crippen LogP contribution in [-0.2, 0) is 19.3 Å². The lowest BCUT2D eigenvalue weighted by molar-refractivity contribution is 0.394. The van der Waals surface area contributed by atoms with Gasteiger partial charge in [-0.05, 0) is 98.4 Å². The maximum atomic E-state index is 6.53. The van der Waals surface area contributed by atoms with Gasteiger partial charge >= 0.3 is 0 Å². The number of aryl methyl sites for hydroxylation is 2. The van der Waals surface area contributed by atoms with E-state index in [1.165, 1.54) is 44.1 Å². The maximum Gasteiger partial charge on any atom is 0.140 e. The van der Waals surface area contributed by atoms with Crippen LogP contribution in [0.5, 0.6) is 5.75 Å². The molecule has 0 bridgehead atoms. The van der Waals surface area contributed by atoms with Gasteiger partial charge in [0.15, 0.2) is 0 Å². The van der Waals surface area contributed by atoms with Crippen LogP contribution < -0.4 is 10.5 Å². The van der Waals surface area contributed by atoms with Crippen molar-refractivity contribution in [2.45, 2.75) is 76.2 Å². The molecule has 2 aliphatic carbocycles. The molecule has 0 radical (unpaired) electrons. The lowest BCUT2D eigenvalue weighted by atomic mass is 9.79. The van der Waals surface area contributed by atoms with E-state index < -0.39 is 0 Å². The first kappa shape index (κ1) is 19.4. The Morgan fingerprint density at radius 1 is 1.21 bits per heavy atom. The SMILES string of the molecule is CC[C@@]1(N)CC[C@H](c2ccc3c(c2)CC[C@H](CCc2ncccc2OC)C3)C1. The van der Waals surface area contributed by atoms with E-state index >= 15 is 0 Å². The van der Waals surface area contributed by atoms with E-state index in [4.69, 9.17) is 10.5 Å². The normalized spacial score (nSPS) is 26.8. The molecule has 3 atom stereocenters. The van der Waals surface area contributed by atoms with Crippen molar-refractivity contribution in [3.8, 4) is 5.75 Å². The van der Waals surface area contributed by atoms with Crippen LogP contribution in [0.1, 0.15) is 73.8 Å². The quantitative estimate of drug-likeness (QED) is 0.751. The number of hydrogen-bond acceptors (Lipinski definition) is 3. The van der Waals surface area contributed by atoms with Crippen molar-refractivity contribution in [1.29, 1.82) is 0 Å². The molecule has 28 heavy (non-hydrogen) atoms. The van der Waals surface area contributed by atoms with Gasteiger partial charge in [0.05, 0.1) is 12.8 Å². The van der Waals surface area contributed by atoms with Gasteiger partial charge in [0.2, 0.25) is 0 Å². The third kappa shape index (κ3) is 4.10. The summed E-state index contributed by atoms with van der Waals surface area (Å²) in [5.41, 5.74) is 12.3. The largest absolute Gasteiger partial charge is 0.495 e. The Balaban J connectivity index is 1.38. The van der Waals surface area contributed by atoms with E-state index in [0.29, 0.717) is 5.92 Å². The van der Waals surface area contributed by atoms with Gasteiger partial charge in [-0.15, -0.1) is 0 Å². The smallest absolute Gasteiger partial charge is 0.140 e. The summed E-state index contributed by atoms with van der Waals surface area (Å²) in [6.45, 7) is 2.23. The monoisotopic (exact) mass is 378 g/mol. The summed E-state index contributed by atoms with van der Waals surface area (Å²) in [4.78, 5) is 4.52. The second-order valence-corrected chi connectivity index (χ2v) is 8.98. The predicted octanol–water partition coefficient (Wildman–Crippen LogP) is 5.20. The van der Waals surface area contributed by atoms with E-state index in [0.717, 1.165) is 36.6 Å². The van der Waals surface area contributed by atoms with E-state index in [9.17, 15) is 0 Å². The van der Waals surface area contributed by atoms with Gasteiger partial charge in [-0.2, -0.15) is 0 Å². The summed E-state index contributed by atoms with van der Waals surface area (Å²) in [7, 11) is 1.73. The maximum absolute atomic E-state index is 6.53. The highest BCUT2D eigenvalue weighted by atomic mass is 16.5.